The number of tetrazole rings is 1. The van der Waals surface area contributed by atoms with E-state index in [1.54, 1.807) is 4.68 Å². The molecule has 4 aromatic rings. The van der Waals surface area contributed by atoms with Gasteiger partial charge in [0, 0.05) is 5.56 Å². The Kier molecular flexibility index (Phi) is 4.22. The fraction of sp³-hybridized carbons (Fsp3) is 0.111. The maximum atomic E-state index is 12.6. The molecular weight excluding hydrogens is 338 g/mol. The molecule has 0 bridgehead atoms. The number of aromatic nitrogens is 6. The Morgan fingerprint density at radius 1 is 0.962 bits per heavy atom. The van der Waals surface area contributed by atoms with Crippen molar-refractivity contribution in [2.75, 3.05) is 0 Å². The molecule has 8 heteroatoms. The summed E-state index contributed by atoms with van der Waals surface area (Å²) in [6, 6.07) is 17.2. The van der Waals surface area contributed by atoms with E-state index in [-0.39, 0.29) is 5.82 Å². The van der Waals surface area contributed by atoms with E-state index >= 15 is 0 Å². The van der Waals surface area contributed by atoms with Crippen molar-refractivity contribution >= 4 is 0 Å². The van der Waals surface area contributed by atoms with Crippen LogP contribution in [0.15, 0.2) is 60.8 Å². The zero-order valence-corrected chi connectivity index (χ0v) is 13.5. The van der Waals surface area contributed by atoms with Crippen LogP contribution in [0.3, 0.4) is 0 Å². The van der Waals surface area contributed by atoms with Crippen molar-refractivity contribution in [1.82, 2.24) is 30.2 Å². The van der Waals surface area contributed by atoms with Crippen LogP contribution in [0.25, 0.3) is 22.6 Å². The molecule has 0 unspecified atom stereocenters. The van der Waals surface area contributed by atoms with E-state index in [0.717, 1.165) is 16.7 Å². The maximum Gasteiger partial charge on any atom is 0.295 e. The van der Waals surface area contributed by atoms with Crippen molar-refractivity contribution in [3.63, 3.8) is 0 Å². The Hall–Kier alpha value is -3.42. The van der Waals surface area contributed by atoms with Gasteiger partial charge in [0.25, 0.3) is 6.43 Å². The number of imidazole rings is 1. The highest BCUT2D eigenvalue weighted by Gasteiger charge is 2.12. The third kappa shape index (κ3) is 3.21. The second kappa shape index (κ2) is 6.83. The molecule has 0 aliphatic rings. The topological polar surface area (TPSA) is 72.3 Å². The monoisotopic (exact) mass is 352 g/mol. The van der Waals surface area contributed by atoms with Crippen molar-refractivity contribution in [2.24, 2.45) is 0 Å². The van der Waals surface area contributed by atoms with E-state index in [9.17, 15) is 8.78 Å². The number of hydrogen-bond donors (Lipinski definition) is 1. The summed E-state index contributed by atoms with van der Waals surface area (Å²) < 4.78 is 27.0. The largest absolute Gasteiger partial charge is 0.337 e. The van der Waals surface area contributed by atoms with Crippen LogP contribution in [0.5, 0.6) is 0 Å². The molecule has 0 saturated heterocycles. The molecule has 0 spiro atoms. The normalized spacial score (nSPS) is 11.2. The molecule has 0 fully saturated rings. The average Bonchev–Trinajstić information content (AvgIpc) is 3.33. The van der Waals surface area contributed by atoms with Crippen LogP contribution in [-0.2, 0) is 6.54 Å². The van der Waals surface area contributed by atoms with Crippen LogP contribution >= 0.6 is 0 Å². The first-order chi connectivity index (χ1) is 12.7. The number of aromatic amines is 1. The molecule has 1 N–H and O–H groups in total. The molecule has 0 aliphatic carbocycles. The van der Waals surface area contributed by atoms with Crippen LogP contribution in [-0.4, -0.2) is 30.2 Å². The molecule has 2 aromatic carbocycles. The number of alkyl halides is 2. The minimum Gasteiger partial charge on any atom is -0.337 e. The van der Waals surface area contributed by atoms with Crippen LogP contribution < -0.4 is 0 Å². The maximum absolute atomic E-state index is 12.6. The summed E-state index contributed by atoms with van der Waals surface area (Å²) in [6.45, 7) is 0.503. The molecule has 0 aliphatic heterocycles. The molecule has 130 valence electrons. The lowest BCUT2D eigenvalue weighted by atomic mass is 10.1. The van der Waals surface area contributed by atoms with Gasteiger partial charge in [-0.25, -0.2) is 18.4 Å². The van der Waals surface area contributed by atoms with Crippen molar-refractivity contribution in [3.8, 4) is 22.6 Å². The Bertz CT molecular complexity index is 992. The SMILES string of the molecule is FC(F)c1ncc(-c2ccc(Cn3nnnc3-c3ccccc3)cc2)[nH]1. The van der Waals surface area contributed by atoms with Crippen LogP contribution in [0.1, 0.15) is 17.8 Å². The first-order valence-electron chi connectivity index (χ1n) is 7.94. The lowest BCUT2D eigenvalue weighted by Crippen LogP contribution is -2.04. The summed E-state index contributed by atoms with van der Waals surface area (Å²) in [7, 11) is 0. The molecule has 2 aromatic heterocycles. The van der Waals surface area contributed by atoms with Gasteiger partial charge in [-0.1, -0.05) is 54.6 Å². The van der Waals surface area contributed by atoms with Crippen LogP contribution in [0.4, 0.5) is 8.78 Å². The molecule has 6 nitrogen and oxygen atoms in total. The quantitative estimate of drug-likeness (QED) is 0.594. The molecule has 0 atom stereocenters. The molecule has 0 amide bonds. The first-order valence-corrected chi connectivity index (χ1v) is 7.94. The minimum atomic E-state index is -2.61. The molecule has 26 heavy (non-hydrogen) atoms. The van der Waals surface area contributed by atoms with Gasteiger partial charge in [-0.2, -0.15) is 0 Å². The van der Waals surface area contributed by atoms with Gasteiger partial charge in [-0.15, -0.1) is 5.10 Å². The fourth-order valence-electron chi connectivity index (χ4n) is 2.66. The second-order valence-corrected chi connectivity index (χ2v) is 5.71. The third-order valence-electron chi connectivity index (χ3n) is 3.96. The zero-order valence-electron chi connectivity index (χ0n) is 13.5. The standard InChI is InChI=1S/C18H14F2N6/c19-16(20)17-21-10-15(22-17)13-8-6-12(7-9-13)11-26-18(23-24-25-26)14-4-2-1-3-5-14/h1-10,16H,11H2,(H,21,22). The fourth-order valence-corrected chi connectivity index (χ4v) is 2.66. The summed E-state index contributed by atoms with van der Waals surface area (Å²) in [5, 5.41) is 11.9. The van der Waals surface area contributed by atoms with Gasteiger partial charge in [-0.05, 0) is 21.6 Å². The highest BCUT2D eigenvalue weighted by Crippen LogP contribution is 2.22. The summed E-state index contributed by atoms with van der Waals surface area (Å²) in [6.07, 6.45) is -1.20. The van der Waals surface area contributed by atoms with Crippen molar-refractivity contribution in [3.05, 3.63) is 72.2 Å². The van der Waals surface area contributed by atoms with E-state index in [4.69, 9.17) is 0 Å². The van der Waals surface area contributed by atoms with Gasteiger partial charge < -0.3 is 4.98 Å². The number of benzene rings is 2. The zero-order chi connectivity index (χ0) is 17.9. The third-order valence-corrected chi connectivity index (χ3v) is 3.96. The van der Waals surface area contributed by atoms with Gasteiger partial charge in [-0.3, -0.25) is 0 Å². The number of nitrogens with zero attached hydrogens (tertiary/aromatic N) is 5. The van der Waals surface area contributed by atoms with E-state index in [1.165, 1.54) is 6.20 Å². The lowest BCUT2D eigenvalue weighted by Gasteiger charge is -2.06. The molecule has 0 radical (unpaired) electrons. The predicted octanol–water partition coefficient (Wildman–Crippen LogP) is 3.72. The predicted molar refractivity (Wildman–Crippen MR) is 91.3 cm³/mol. The molecule has 2 heterocycles. The second-order valence-electron chi connectivity index (χ2n) is 5.71. The Morgan fingerprint density at radius 2 is 1.73 bits per heavy atom. The number of rotatable bonds is 5. The first kappa shape index (κ1) is 16.1. The smallest absolute Gasteiger partial charge is 0.295 e. The van der Waals surface area contributed by atoms with E-state index in [1.807, 2.05) is 54.6 Å². The van der Waals surface area contributed by atoms with Gasteiger partial charge >= 0.3 is 0 Å². The molecular formula is C18H14F2N6. The molecule has 0 saturated carbocycles. The van der Waals surface area contributed by atoms with Gasteiger partial charge in [0.15, 0.2) is 11.6 Å². The van der Waals surface area contributed by atoms with E-state index in [2.05, 4.69) is 25.5 Å². The number of H-pyrrole nitrogens is 1. The number of halogens is 2. The van der Waals surface area contributed by atoms with Crippen molar-refractivity contribution < 1.29 is 8.78 Å². The molecule has 4 rings (SSSR count). The Labute approximate surface area is 147 Å². The Morgan fingerprint density at radius 3 is 2.42 bits per heavy atom. The summed E-state index contributed by atoms with van der Waals surface area (Å²) in [5.41, 5.74) is 3.27. The van der Waals surface area contributed by atoms with Gasteiger partial charge in [0.1, 0.15) is 0 Å². The van der Waals surface area contributed by atoms with Gasteiger partial charge in [0.2, 0.25) is 0 Å². The lowest BCUT2D eigenvalue weighted by molar-refractivity contribution is 0.141. The highest BCUT2D eigenvalue weighted by molar-refractivity contribution is 5.59. The van der Waals surface area contributed by atoms with E-state index in [0.29, 0.717) is 18.1 Å². The summed E-state index contributed by atoms with van der Waals surface area (Å²) in [4.78, 5) is 6.31. The summed E-state index contributed by atoms with van der Waals surface area (Å²) >= 11 is 0. The minimum absolute atomic E-state index is 0.328. The summed E-state index contributed by atoms with van der Waals surface area (Å²) in [5.74, 6) is 0.357. The number of nitrogens with one attached hydrogen (secondary N) is 1. The highest BCUT2D eigenvalue weighted by atomic mass is 19.3. The number of hydrogen-bond acceptors (Lipinski definition) is 4. The Balaban J connectivity index is 1.54. The van der Waals surface area contributed by atoms with Crippen LogP contribution in [0.2, 0.25) is 0 Å². The van der Waals surface area contributed by atoms with Gasteiger partial charge in [0.05, 0.1) is 18.4 Å². The van der Waals surface area contributed by atoms with Crippen molar-refractivity contribution in [1.29, 1.82) is 0 Å². The van der Waals surface area contributed by atoms with E-state index < -0.39 is 6.43 Å². The van der Waals surface area contributed by atoms with Crippen molar-refractivity contribution in [2.45, 2.75) is 13.0 Å². The van der Waals surface area contributed by atoms with Crippen LogP contribution in [0, 0.1) is 0 Å². The average molecular weight is 352 g/mol.